The highest BCUT2D eigenvalue weighted by Crippen LogP contribution is 2.22. The van der Waals surface area contributed by atoms with E-state index in [2.05, 4.69) is 31.2 Å². The Balaban J connectivity index is 0.000000708. The van der Waals surface area contributed by atoms with Crippen molar-refractivity contribution in [2.75, 3.05) is 19.8 Å². The highest BCUT2D eigenvalue weighted by atomic mass is 16.7. The lowest BCUT2D eigenvalue weighted by Crippen LogP contribution is -2.59. The normalized spacial score (nSPS) is 24.8. The molecule has 218 valence electrons. The van der Waals surface area contributed by atoms with E-state index in [1.165, 1.54) is 44.9 Å². The van der Waals surface area contributed by atoms with Gasteiger partial charge in [0.1, 0.15) is 30.5 Å². The van der Waals surface area contributed by atoms with Gasteiger partial charge in [0.2, 0.25) is 0 Å². The van der Waals surface area contributed by atoms with E-state index in [-0.39, 0.29) is 6.61 Å². The molecule has 0 radical (unpaired) electrons. The second kappa shape index (κ2) is 23.7. The predicted molar refractivity (Wildman–Crippen MR) is 140 cm³/mol. The zero-order valence-corrected chi connectivity index (χ0v) is 22.2. The molecule has 0 aromatic heterocycles. The number of carbonyl (C=O) groups is 1. The standard InChI is InChI=1S/C18H32O2.C9H18O8/c1-2-3-4-5-6-7-8-9-10-11-12-13-14-15-16-17-18(19)20;10-1-4(12)3-16-9-8(15)7(14)6(13)5(2-11)17-9/h6-7,9-10H,2-5,8,11-17H2,1H3,(H,19,20);4-15H,1-3H2/b7-6-,10-9-;/t;4?,5-,6+,7+,8-,9?/m.1/s1. The minimum absolute atomic E-state index is 0.306. The minimum Gasteiger partial charge on any atom is -0.481 e. The number of hydrogen-bond acceptors (Lipinski definition) is 9. The number of ether oxygens (including phenoxy) is 2. The van der Waals surface area contributed by atoms with Crippen LogP contribution in [-0.2, 0) is 14.3 Å². The van der Waals surface area contributed by atoms with Gasteiger partial charge in [-0.3, -0.25) is 4.79 Å². The molecule has 1 aliphatic rings. The third kappa shape index (κ3) is 18.5. The van der Waals surface area contributed by atoms with Gasteiger partial charge in [-0.2, -0.15) is 0 Å². The summed E-state index contributed by atoms with van der Waals surface area (Å²) in [6.07, 6.45) is 14.3. The van der Waals surface area contributed by atoms with Crippen LogP contribution >= 0.6 is 0 Å². The van der Waals surface area contributed by atoms with Gasteiger partial charge in [-0.05, 0) is 38.5 Å². The van der Waals surface area contributed by atoms with Gasteiger partial charge >= 0.3 is 5.97 Å². The molecule has 37 heavy (non-hydrogen) atoms. The van der Waals surface area contributed by atoms with Crippen LogP contribution in [0.15, 0.2) is 24.3 Å². The van der Waals surface area contributed by atoms with Crippen LogP contribution in [0.1, 0.15) is 84.0 Å². The van der Waals surface area contributed by atoms with Crippen molar-refractivity contribution in [3.63, 3.8) is 0 Å². The van der Waals surface area contributed by atoms with E-state index in [1.807, 2.05) is 0 Å². The van der Waals surface area contributed by atoms with Crippen molar-refractivity contribution in [2.24, 2.45) is 0 Å². The maximum absolute atomic E-state index is 10.3. The molecule has 10 nitrogen and oxygen atoms in total. The van der Waals surface area contributed by atoms with Gasteiger partial charge in [0.05, 0.1) is 19.8 Å². The molecule has 0 aromatic carbocycles. The van der Waals surface area contributed by atoms with Crippen LogP contribution in [0.4, 0.5) is 0 Å². The second-order valence-corrected chi connectivity index (χ2v) is 9.24. The van der Waals surface area contributed by atoms with Crippen molar-refractivity contribution in [1.82, 2.24) is 0 Å². The van der Waals surface area contributed by atoms with E-state index in [1.54, 1.807) is 0 Å². The zero-order valence-electron chi connectivity index (χ0n) is 22.2. The maximum Gasteiger partial charge on any atom is 0.303 e. The van der Waals surface area contributed by atoms with Crippen molar-refractivity contribution >= 4 is 5.97 Å². The van der Waals surface area contributed by atoms with Gasteiger partial charge in [0.15, 0.2) is 6.29 Å². The summed E-state index contributed by atoms with van der Waals surface area (Å²) in [5.41, 5.74) is 0. The molecular weight excluding hydrogens is 484 g/mol. The van der Waals surface area contributed by atoms with Crippen LogP contribution in [0.2, 0.25) is 0 Å². The number of unbranched alkanes of at least 4 members (excludes halogenated alkanes) is 8. The first-order valence-corrected chi connectivity index (χ1v) is 13.5. The third-order valence-corrected chi connectivity index (χ3v) is 5.85. The van der Waals surface area contributed by atoms with Gasteiger partial charge in [-0.15, -0.1) is 0 Å². The van der Waals surface area contributed by atoms with E-state index < -0.39 is 56.0 Å². The van der Waals surface area contributed by atoms with Crippen LogP contribution < -0.4 is 0 Å². The molecule has 1 heterocycles. The van der Waals surface area contributed by atoms with Crippen LogP contribution in [0.25, 0.3) is 0 Å². The lowest BCUT2D eigenvalue weighted by molar-refractivity contribution is -0.304. The van der Waals surface area contributed by atoms with Crippen LogP contribution in [0, 0.1) is 0 Å². The molecule has 6 atom stereocenters. The number of aliphatic hydroxyl groups excluding tert-OH is 6. The topological polar surface area (TPSA) is 177 Å². The minimum atomic E-state index is -1.52. The van der Waals surface area contributed by atoms with Gasteiger partial charge in [-0.1, -0.05) is 63.3 Å². The summed E-state index contributed by atoms with van der Waals surface area (Å²) in [6.45, 7) is 0.864. The summed E-state index contributed by atoms with van der Waals surface area (Å²) in [7, 11) is 0. The van der Waals surface area contributed by atoms with E-state index in [0.717, 1.165) is 25.7 Å². The Kier molecular flexibility index (Phi) is 22.8. The van der Waals surface area contributed by atoms with Gasteiger partial charge < -0.3 is 45.2 Å². The molecule has 0 aliphatic carbocycles. The Hall–Kier alpha value is -1.37. The number of allylic oxidation sites excluding steroid dienone is 4. The molecule has 1 saturated heterocycles. The molecule has 1 rings (SSSR count). The molecule has 10 heteroatoms. The summed E-state index contributed by atoms with van der Waals surface area (Å²) in [6, 6.07) is 0. The SMILES string of the molecule is CCCCC/C=C\C/C=C\CCCCCCCC(=O)O.OCC(O)COC1O[C@H](CO)[C@H](O)[C@H](O)[C@H]1O. The van der Waals surface area contributed by atoms with Gasteiger partial charge in [0, 0.05) is 6.42 Å². The number of rotatable bonds is 19. The van der Waals surface area contributed by atoms with Crippen molar-refractivity contribution in [2.45, 2.75) is 121 Å². The fourth-order valence-electron chi connectivity index (χ4n) is 3.55. The summed E-state index contributed by atoms with van der Waals surface area (Å²) < 4.78 is 9.93. The Morgan fingerprint density at radius 1 is 0.865 bits per heavy atom. The fourth-order valence-corrected chi connectivity index (χ4v) is 3.55. The summed E-state index contributed by atoms with van der Waals surface area (Å²) >= 11 is 0. The zero-order chi connectivity index (χ0) is 27.9. The number of carboxylic acid groups (broad SMARTS) is 1. The Morgan fingerprint density at radius 3 is 2.03 bits per heavy atom. The maximum atomic E-state index is 10.3. The summed E-state index contributed by atoms with van der Waals surface area (Å²) in [5, 5.41) is 63.4. The number of aliphatic hydroxyl groups is 6. The fraction of sp³-hybridized carbons (Fsp3) is 0.815. The van der Waals surface area contributed by atoms with E-state index >= 15 is 0 Å². The van der Waals surface area contributed by atoms with E-state index in [4.69, 9.17) is 29.9 Å². The number of aliphatic carboxylic acids is 1. The van der Waals surface area contributed by atoms with Crippen LogP contribution in [0.3, 0.4) is 0 Å². The second-order valence-electron chi connectivity index (χ2n) is 9.24. The molecule has 1 aliphatic heterocycles. The largest absolute Gasteiger partial charge is 0.481 e. The molecule has 2 unspecified atom stereocenters. The summed E-state index contributed by atoms with van der Waals surface area (Å²) in [5.74, 6) is -0.671. The molecule has 0 amide bonds. The third-order valence-electron chi connectivity index (χ3n) is 5.85. The average Bonchev–Trinajstić information content (AvgIpc) is 2.89. The van der Waals surface area contributed by atoms with Crippen molar-refractivity contribution < 1.29 is 50.0 Å². The highest BCUT2D eigenvalue weighted by Gasteiger charge is 2.44. The predicted octanol–water partition coefficient (Wildman–Crippen LogP) is 2.04. The van der Waals surface area contributed by atoms with E-state index in [9.17, 15) is 20.1 Å². The molecule has 7 N–H and O–H groups in total. The molecule has 1 fully saturated rings. The van der Waals surface area contributed by atoms with Crippen LogP contribution in [0.5, 0.6) is 0 Å². The first kappa shape index (κ1) is 35.6. The van der Waals surface area contributed by atoms with E-state index in [0.29, 0.717) is 6.42 Å². The van der Waals surface area contributed by atoms with Crippen molar-refractivity contribution in [3.8, 4) is 0 Å². The quantitative estimate of drug-likeness (QED) is 0.0958. The molecule has 0 saturated carbocycles. The van der Waals surface area contributed by atoms with Crippen molar-refractivity contribution in [1.29, 1.82) is 0 Å². The van der Waals surface area contributed by atoms with Crippen LogP contribution in [-0.4, -0.2) is 98.3 Å². The van der Waals surface area contributed by atoms with Crippen molar-refractivity contribution in [3.05, 3.63) is 24.3 Å². The molecule has 0 aromatic rings. The lowest BCUT2D eigenvalue weighted by Gasteiger charge is -2.39. The molecular formula is C27H50O10. The Bertz CT molecular complexity index is 596. The Labute approximate surface area is 221 Å². The number of carboxylic acids is 1. The highest BCUT2D eigenvalue weighted by molar-refractivity contribution is 5.66. The van der Waals surface area contributed by atoms with Gasteiger partial charge in [0.25, 0.3) is 0 Å². The summed E-state index contributed by atoms with van der Waals surface area (Å²) in [4.78, 5) is 10.3. The first-order valence-electron chi connectivity index (χ1n) is 13.5. The Morgan fingerprint density at radius 2 is 1.46 bits per heavy atom. The van der Waals surface area contributed by atoms with Gasteiger partial charge in [-0.25, -0.2) is 0 Å². The molecule has 0 spiro atoms. The monoisotopic (exact) mass is 534 g/mol. The first-order chi connectivity index (χ1) is 17.8. The lowest BCUT2D eigenvalue weighted by atomic mass is 9.99. The number of hydrogen-bond donors (Lipinski definition) is 7. The smallest absolute Gasteiger partial charge is 0.303 e. The average molecular weight is 535 g/mol. The molecule has 0 bridgehead atoms.